The zero-order valence-electron chi connectivity index (χ0n) is 15.4. The van der Waals surface area contributed by atoms with Crippen LogP contribution in [-0.4, -0.2) is 67.2 Å². The molecule has 2 amide bonds. The van der Waals surface area contributed by atoms with Crippen molar-refractivity contribution in [3.63, 3.8) is 0 Å². The number of nitrogens with zero attached hydrogens (tertiary/aromatic N) is 2. The van der Waals surface area contributed by atoms with Gasteiger partial charge in [0.1, 0.15) is 0 Å². The zero-order chi connectivity index (χ0) is 20.4. The lowest BCUT2D eigenvalue weighted by molar-refractivity contribution is -0.142. The number of aliphatic carboxylic acids is 1. The van der Waals surface area contributed by atoms with Gasteiger partial charge in [-0.2, -0.15) is 4.31 Å². The maximum Gasteiger partial charge on any atom is 0.308 e. The first-order valence-corrected chi connectivity index (χ1v) is 9.81. The number of carbonyl (C=O) groups is 3. The van der Waals surface area contributed by atoms with Crippen LogP contribution in [0.5, 0.6) is 0 Å². The molecule has 10 heteroatoms. The van der Waals surface area contributed by atoms with Crippen LogP contribution in [0.4, 0.5) is 5.69 Å². The van der Waals surface area contributed by atoms with Gasteiger partial charge in [-0.25, -0.2) is 8.42 Å². The van der Waals surface area contributed by atoms with E-state index in [2.05, 4.69) is 5.32 Å². The summed E-state index contributed by atoms with van der Waals surface area (Å²) in [4.78, 5) is 36.0. The van der Waals surface area contributed by atoms with Gasteiger partial charge in [-0.1, -0.05) is 6.92 Å². The van der Waals surface area contributed by atoms with E-state index in [1.807, 2.05) is 0 Å². The van der Waals surface area contributed by atoms with E-state index in [-0.39, 0.29) is 36.4 Å². The monoisotopic (exact) mass is 397 g/mol. The van der Waals surface area contributed by atoms with Gasteiger partial charge in [0.05, 0.1) is 17.4 Å². The van der Waals surface area contributed by atoms with Crippen LogP contribution in [0.1, 0.15) is 13.8 Å². The second-order valence-electron chi connectivity index (χ2n) is 6.69. The maximum atomic E-state index is 12.6. The molecule has 1 aliphatic rings. The smallest absolute Gasteiger partial charge is 0.308 e. The van der Waals surface area contributed by atoms with Crippen molar-refractivity contribution >= 4 is 33.5 Å². The molecule has 0 radical (unpaired) electrons. The molecule has 2 rings (SSSR count). The first kappa shape index (κ1) is 20.8. The van der Waals surface area contributed by atoms with E-state index in [1.54, 1.807) is 6.92 Å². The molecular weight excluding hydrogens is 374 g/mol. The molecule has 0 spiro atoms. The van der Waals surface area contributed by atoms with Gasteiger partial charge in [-0.15, -0.1) is 0 Å². The average molecular weight is 397 g/mol. The minimum Gasteiger partial charge on any atom is -0.481 e. The summed E-state index contributed by atoms with van der Waals surface area (Å²) in [6.45, 7) is 3.08. The van der Waals surface area contributed by atoms with Crippen LogP contribution in [-0.2, 0) is 24.4 Å². The molecule has 148 valence electrons. The summed E-state index contributed by atoms with van der Waals surface area (Å²) in [5.41, 5.74) is 0.464. The van der Waals surface area contributed by atoms with Crippen LogP contribution in [0.2, 0.25) is 0 Å². The Kier molecular flexibility index (Phi) is 6.22. The number of benzene rings is 1. The normalized spacial score (nSPS) is 19.9. The Labute approximate surface area is 158 Å². The Bertz CT molecular complexity index is 837. The van der Waals surface area contributed by atoms with Gasteiger partial charge >= 0.3 is 5.97 Å². The molecule has 27 heavy (non-hydrogen) atoms. The number of amides is 2. The van der Waals surface area contributed by atoms with Crippen LogP contribution in [0, 0.1) is 11.8 Å². The number of carboxylic acids is 1. The Morgan fingerprint density at radius 1 is 1.22 bits per heavy atom. The van der Waals surface area contributed by atoms with Gasteiger partial charge in [-0.05, 0) is 30.2 Å². The van der Waals surface area contributed by atoms with E-state index in [0.717, 1.165) is 4.31 Å². The van der Waals surface area contributed by atoms with Crippen molar-refractivity contribution in [2.24, 2.45) is 11.8 Å². The summed E-state index contributed by atoms with van der Waals surface area (Å²) in [5.74, 6) is -2.50. The van der Waals surface area contributed by atoms with E-state index < -0.39 is 27.8 Å². The number of carbonyl (C=O) groups excluding carboxylic acids is 2. The molecule has 2 atom stereocenters. The average Bonchev–Trinajstić information content (AvgIpc) is 2.97. The van der Waals surface area contributed by atoms with E-state index in [9.17, 15) is 22.8 Å². The highest BCUT2D eigenvalue weighted by atomic mass is 32.2. The number of nitrogens with one attached hydrogen (secondary N) is 1. The quantitative estimate of drug-likeness (QED) is 0.718. The van der Waals surface area contributed by atoms with Gasteiger partial charge in [0.25, 0.3) is 0 Å². The van der Waals surface area contributed by atoms with E-state index in [0.29, 0.717) is 5.69 Å². The van der Waals surface area contributed by atoms with Gasteiger partial charge in [0, 0.05) is 32.7 Å². The molecular formula is C17H23N3O6S. The highest BCUT2D eigenvalue weighted by Gasteiger charge is 2.37. The van der Waals surface area contributed by atoms with E-state index in [4.69, 9.17) is 5.11 Å². The molecule has 1 aliphatic heterocycles. The zero-order valence-corrected chi connectivity index (χ0v) is 16.2. The highest BCUT2D eigenvalue weighted by molar-refractivity contribution is 7.89. The summed E-state index contributed by atoms with van der Waals surface area (Å²) in [6.07, 6.45) is 0. The molecule has 0 saturated carbocycles. The lowest BCUT2D eigenvalue weighted by Crippen LogP contribution is -2.40. The largest absolute Gasteiger partial charge is 0.481 e. The molecule has 1 heterocycles. The van der Waals surface area contributed by atoms with Crippen LogP contribution in [0.15, 0.2) is 29.2 Å². The lowest BCUT2D eigenvalue weighted by atomic mass is 9.99. The molecule has 0 bridgehead atoms. The minimum absolute atomic E-state index is 0.00916. The first-order chi connectivity index (χ1) is 12.5. The van der Waals surface area contributed by atoms with Gasteiger partial charge in [0.2, 0.25) is 21.8 Å². The summed E-state index contributed by atoms with van der Waals surface area (Å²) in [6, 6.07) is 5.62. The Hall–Kier alpha value is -2.46. The Morgan fingerprint density at radius 2 is 1.81 bits per heavy atom. The highest BCUT2D eigenvalue weighted by Crippen LogP contribution is 2.24. The molecule has 1 saturated heterocycles. The fourth-order valence-electron chi connectivity index (χ4n) is 2.96. The predicted octanol–water partition coefficient (Wildman–Crippen LogP) is 0.445. The second-order valence-corrected chi connectivity index (χ2v) is 8.73. The van der Waals surface area contributed by atoms with Crippen LogP contribution in [0.25, 0.3) is 0 Å². The number of hydrogen-bond donors (Lipinski definition) is 2. The molecule has 1 fully saturated rings. The number of carboxylic acid groups (broad SMARTS) is 1. The van der Waals surface area contributed by atoms with Gasteiger partial charge in [-0.3, -0.25) is 14.4 Å². The van der Waals surface area contributed by atoms with Crippen LogP contribution < -0.4 is 5.32 Å². The molecule has 9 nitrogen and oxygen atoms in total. The third-order valence-electron chi connectivity index (χ3n) is 4.52. The summed E-state index contributed by atoms with van der Waals surface area (Å²) >= 11 is 0. The summed E-state index contributed by atoms with van der Waals surface area (Å²) in [7, 11) is -2.60. The molecule has 1 aromatic carbocycles. The Morgan fingerprint density at radius 3 is 2.30 bits per heavy atom. The standard InChI is InChI=1S/C17H23N3O6S/c1-11-8-20(9-15(11)17(23)24)16(22)10-19(3)27(25,26)14-6-4-13(5-7-14)18-12(2)21/h4-7,11,15H,8-10H2,1-3H3,(H,18,21)(H,23,24)/t11-,15-/m1/s1. The molecule has 0 aromatic heterocycles. The van der Waals surface area contributed by atoms with Crippen molar-refractivity contribution in [3.05, 3.63) is 24.3 Å². The third kappa shape index (κ3) is 4.83. The first-order valence-electron chi connectivity index (χ1n) is 8.37. The topological polar surface area (TPSA) is 124 Å². The minimum atomic E-state index is -3.90. The van der Waals surface area contributed by atoms with Crippen molar-refractivity contribution in [1.29, 1.82) is 0 Å². The number of likely N-dealkylation sites (N-methyl/N-ethyl adjacent to an activating group) is 1. The number of likely N-dealkylation sites (tertiary alicyclic amines) is 1. The SMILES string of the molecule is CC(=O)Nc1ccc(S(=O)(=O)N(C)CC(=O)N2C[C@@H](C)[C@H](C(=O)O)C2)cc1. The molecule has 0 aliphatic carbocycles. The van der Waals surface area contributed by atoms with E-state index in [1.165, 1.54) is 43.1 Å². The van der Waals surface area contributed by atoms with Crippen LogP contribution >= 0.6 is 0 Å². The fourth-order valence-corrected chi connectivity index (χ4v) is 4.08. The van der Waals surface area contributed by atoms with Crippen molar-refractivity contribution in [3.8, 4) is 0 Å². The number of rotatable bonds is 6. The number of sulfonamides is 1. The predicted molar refractivity (Wildman–Crippen MR) is 97.4 cm³/mol. The molecule has 1 aromatic rings. The van der Waals surface area contributed by atoms with Crippen LogP contribution in [0.3, 0.4) is 0 Å². The summed E-state index contributed by atoms with van der Waals surface area (Å²) in [5, 5.41) is 11.7. The van der Waals surface area contributed by atoms with Gasteiger partial charge in [0.15, 0.2) is 0 Å². The van der Waals surface area contributed by atoms with Crippen molar-refractivity contribution in [2.75, 3.05) is 32.0 Å². The van der Waals surface area contributed by atoms with Crippen molar-refractivity contribution in [1.82, 2.24) is 9.21 Å². The molecule has 2 N–H and O–H groups in total. The van der Waals surface area contributed by atoms with E-state index >= 15 is 0 Å². The third-order valence-corrected chi connectivity index (χ3v) is 6.34. The van der Waals surface area contributed by atoms with Crippen molar-refractivity contribution in [2.45, 2.75) is 18.7 Å². The number of anilines is 1. The lowest BCUT2D eigenvalue weighted by Gasteiger charge is -2.21. The van der Waals surface area contributed by atoms with Gasteiger partial charge < -0.3 is 15.3 Å². The second kappa shape index (κ2) is 8.05. The van der Waals surface area contributed by atoms with Crippen molar-refractivity contribution < 1.29 is 27.9 Å². The molecule has 0 unspecified atom stereocenters. The number of hydrogen-bond acceptors (Lipinski definition) is 5. The fraction of sp³-hybridized carbons (Fsp3) is 0.471. The Balaban J connectivity index is 2.05. The maximum absolute atomic E-state index is 12.6. The summed E-state index contributed by atoms with van der Waals surface area (Å²) < 4.78 is 26.2.